The van der Waals surface area contributed by atoms with E-state index in [0.29, 0.717) is 11.0 Å². The zero-order chi connectivity index (χ0) is 10.0. The molecule has 2 N–H and O–H groups in total. The summed E-state index contributed by atoms with van der Waals surface area (Å²) in [5.41, 5.74) is 2.62. The highest BCUT2D eigenvalue weighted by atomic mass is 16.4. The lowest BCUT2D eigenvalue weighted by molar-refractivity contribution is 0.425. The zero-order valence-electron chi connectivity index (χ0n) is 7.57. The average molecular weight is 175 g/mol. The number of benzene rings is 1. The van der Waals surface area contributed by atoms with E-state index < -0.39 is 7.12 Å². The molecular weight excluding hydrogens is 165 g/mol. The first-order chi connectivity index (χ1) is 6.06. The fourth-order valence-electron chi connectivity index (χ4n) is 1.15. The van der Waals surface area contributed by atoms with Crippen LogP contribution in [0.2, 0.25) is 0 Å². The Bertz CT molecular complexity index is 369. The lowest BCUT2D eigenvalue weighted by atomic mass is 9.78. The number of nitriles is 1. The van der Waals surface area contributed by atoms with Gasteiger partial charge in [-0.2, -0.15) is 5.26 Å². The van der Waals surface area contributed by atoms with Gasteiger partial charge in [0.25, 0.3) is 0 Å². The molecule has 1 aromatic rings. The number of nitrogens with zero attached hydrogens (tertiary/aromatic N) is 1. The topological polar surface area (TPSA) is 64.2 Å². The van der Waals surface area contributed by atoms with Gasteiger partial charge in [0.05, 0.1) is 11.6 Å². The molecule has 1 rings (SSSR count). The van der Waals surface area contributed by atoms with Crippen LogP contribution in [-0.4, -0.2) is 17.2 Å². The number of hydrogen-bond acceptors (Lipinski definition) is 3. The van der Waals surface area contributed by atoms with E-state index in [1.165, 1.54) is 6.07 Å². The van der Waals surface area contributed by atoms with Gasteiger partial charge in [-0.1, -0.05) is 6.07 Å². The molecule has 3 nitrogen and oxygen atoms in total. The maximum absolute atomic E-state index is 8.91. The van der Waals surface area contributed by atoms with Crippen molar-refractivity contribution in [2.24, 2.45) is 0 Å². The Labute approximate surface area is 77.4 Å². The van der Waals surface area contributed by atoms with Gasteiger partial charge in [-0.3, -0.25) is 0 Å². The second kappa shape index (κ2) is 3.61. The molecule has 13 heavy (non-hydrogen) atoms. The summed E-state index contributed by atoms with van der Waals surface area (Å²) in [5, 5.41) is 26.5. The van der Waals surface area contributed by atoms with Crippen molar-refractivity contribution in [2.75, 3.05) is 0 Å². The van der Waals surface area contributed by atoms with Crippen LogP contribution in [0.3, 0.4) is 0 Å². The molecule has 4 heteroatoms. The van der Waals surface area contributed by atoms with Gasteiger partial charge in [-0.05, 0) is 36.5 Å². The SMILES string of the molecule is Cc1cc(B(O)O)cc(C#N)c1C. The quantitative estimate of drug-likeness (QED) is 0.583. The van der Waals surface area contributed by atoms with Gasteiger partial charge in [-0.15, -0.1) is 0 Å². The minimum Gasteiger partial charge on any atom is -0.423 e. The molecule has 0 atom stereocenters. The third-order valence-corrected chi connectivity index (χ3v) is 2.11. The van der Waals surface area contributed by atoms with Crippen LogP contribution in [0.25, 0.3) is 0 Å². The maximum atomic E-state index is 8.91. The first-order valence-corrected chi connectivity index (χ1v) is 3.93. The van der Waals surface area contributed by atoms with E-state index in [0.717, 1.165) is 11.1 Å². The summed E-state index contributed by atoms with van der Waals surface area (Å²) in [6.45, 7) is 3.67. The Kier molecular flexibility index (Phi) is 2.71. The van der Waals surface area contributed by atoms with Crippen molar-refractivity contribution in [3.05, 3.63) is 28.8 Å². The van der Waals surface area contributed by atoms with Crippen LogP contribution >= 0.6 is 0 Å². The third kappa shape index (κ3) is 1.89. The van der Waals surface area contributed by atoms with Gasteiger partial charge in [0.1, 0.15) is 0 Å². The average Bonchev–Trinajstić information content (AvgIpc) is 2.09. The first kappa shape index (κ1) is 9.78. The smallest absolute Gasteiger partial charge is 0.423 e. The van der Waals surface area contributed by atoms with E-state index >= 15 is 0 Å². The molecule has 0 aliphatic carbocycles. The molecular formula is C9H10BNO2. The van der Waals surface area contributed by atoms with Crippen molar-refractivity contribution < 1.29 is 10.0 Å². The molecule has 0 bridgehead atoms. The second-order valence-corrected chi connectivity index (χ2v) is 3.00. The van der Waals surface area contributed by atoms with E-state index in [1.54, 1.807) is 6.07 Å². The third-order valence-electron chi connectivity index (χ3n) is 2.11. The Hall–Kier alpha value is -1.31. The van der Waals surface area contributed by atoms with E-state index in [1.807, 2.05) is 19.9 Å². The van der Waals surface area contributed by atoms with Gasteiger partial charge in [0, 0.05) is 0 Å². The second-order valence-electron chi connectivity index (χ2n) is 3.00. The summed E-state index contributed by atoms with van der Waals surface area (Å²) in [4.78, 5) is 0. The molecule has 0 spiro atoms. The van der Waals surface area contributed by atoms with Gasteiger partial charge in [-0.25, -0.2) is 0 Å². The summed E-state index contributed by atoms with van der Waals surface area (Å²) < 4.78 is 0. The van der Waals surface area contributed by atoms with Crippen molar-refractivity contribution >= 4 is 12.6 Å². The molecule has 0 fully saturated rings. The van der Waals surface area contributed by atoms with Crippen molar-refractivity contribution in [1.82, 2.24) is 0 Å². The van der Waals surface area contributed by atoms with Gasteiger partial charge in [0.2, 0.25) is 0 Å². The lowest BCUT2D eigenvalue weighted by Crippen LogP contribution is -2.30. The van der Waals surface area contributed by atoms with Gasteiger partial charge < -0.3 is 10.0 Å². The minimum absolute atomic E-state index is 0.361. The van der Waals surface area contributed by atoms with E-state index in [4.69, 9.17) is 15.3 Å². The zero-order valence-corrected chi connectivity index (χ0v) is 7.57. The summed E-state index contributed by atoms with van der Waals surface area (Å²) in [6, 6.07) is 5.17. The maximum Gasteiger partial charge on any atom is 0.488 e. The molecule has 0 radical (unpaired) electrons. The van der Waals surface area contributed by atoms with Crippen LogP contribution in [0.4, 0.5) is 0 Å². The van der Waals surface area contributed by atoms with E-state index in [2.05, 4.69) is 0 Å². The van der Waals surface area contributed by atoms with Crippen LogP contribution in [0, 0.1) is 25.2 Å². The van der Waals surface area contributed by atoms with Crippen LogP contribution in [0.15, 0.2) is 12.1 Å². The van der Waals surface area contributed by atoms with Gasteiger partial charge >= 0.3 is 7.12 Å². The lowest BCUT2D eigenvalue weighted by Gasteiger charge is -2.06. The van der Waals surface area contributed by atoms with Crippen LogP contribution in [0.5, 0.6) is 0 Å². The van der Waals surface area contributed by atoms with Crippen LogP contribution in [-0.2, 0) is 0 Å². The monoisotopic (exact) mass is 175 g/mol. The fraction of sp³-hybridized carbons (Fsp3) is 0.222. The summed E-state index contributed by atoms with van der Waals surface area (Å²) in [5.74, 6) is 0. The molecule has 0 amide bonds. The molecule has 0 saturated heterocycles. The van der Waals surface area contributed by atoms with Crippen LogP contribution < -0.4 is 5.46 Å². The highest BCUT2D eigenvalue weighted by molar-refractivity contribution is 6.58. The number of rotatable bonds is 1. The Morgan fingerprint density at radius 2 is 1.92 bits per heavy atom. The molecule has 0 aliphatic rings. The Morgan fingerprint density at radius 3 is 2.38 bits per heavy atom. The Morgan fingerprint density at radius 1 is 1.31 bits per heavy atom. The summed E-state index contributed by atoms with van der Waals surface area (Å²) >= 11 is 0. The van der Waals surface area contributed by atoms with E-state index in [9.17, 15) is 0 Å². The predicted octanol–water partition coefficient (Wildman–Crippen LogP) is -0.145. The summed E-state index contributed by atoms with van der Waals surface area (Å²) in [7, 11) is -1.51. The standard InChI is InChI=1S/C9H10BNO2/c1-6-3-9(10(12)13)4-8(5-11)7(6)2/h3-4,12-13H,1-2H3. The molecule has 1 aromatic carbocycles. The Balaban J connectivity index is 3.32. The molecule has 0 heterocycles. The summed E-state index contributed by atoms with van der Waals surface area (Å²) in [6.07, 6.45) is 0. The normalized spacial score (nSPS) is 9.46. The van der Waals surface area contributed by atoms with Crippen molar-refractivity contribution in [3.63, 3.8) is 0 Å². The predicted molar refractivity (Wildman–Crippen MR) is 50.5 cm³/mol. The van der Waals surface area contributed by atoms with Crippen LogP contribution in [0.1, 0.15) is 16.7 Å². The largest absolute Gasteiger partial charge is 0.488 e. The minimum atomic E-state index is -1.51. The highest BCUT2D eigenvalue weighted by Crippen LogP contribution is 2.09. The molecule has 0 aromatic heterocycles. The van der Waals surface area contributed by atoms with Crippen molar-refractivity contribution in [3.8, 4) is 6.07 Å². The van der Waals surface area contributed by atoms with Crippen molar-refractivity contribution in [2.45, 2.75) is 13.8 Å². The van der Waals surface area contributed by atoms with Gasteiger partial charge in [0.15, 0.2) is 0 Å². The first-order valence-electron chi connectivity index (χ1n) is 3.93. The molecule has 0 aliphatic heterocycles. The highest BCUT2D eigenvalue weighted by Gasteiger charge is 2.13. The number of hydrogen-bond donors (Lipinski definition) is 2. The van der Waals surface area contributed by atoms with E-state index in [-0.39, 0.29) is 0 Å². The molecule has 0 unspecified atom stereocenters. The molecule has 0 saturated carbocycles. The number of aryl methyl sites for hydroxylation is 1. The fourth-order valence-corrected chi connectivity index (χ4v) is 1.15. The van der Waals surface area contributed by atoms with Crippen molar-refractivity contribution in [1.29, 1.82) is 5.26 Å². The molecule has 66 valence electrons.